The SMILES string of the molecule is CCOc1ccc(C2=NN(c3ccccn3)C(c3ccc(OCC)cc3)C2)cc1. The maximum atomic E-state index is 5.59. The summed E-state index contributed by atoms with van der Waals surface area (Å²) in [5.41, 5.74) is 3.32. The van der Waals surface area contributed by atoms with Crippen molar-refractivity contribution in [2.24, 2.45) is 5.10 Å². The van der Waals surface area contributed by atoms with Gasteiger partial charge in [-0.2, -0.15) is 5.10 Å². The first kappa shape index (κ1) is 19.0. The summed E-state index contributed by atoms with van der Waals surface area (Å²) in [5, 5.41) is 6.95. The second kappa shape index (κ2) is 8.78. The summed E-state index contributed by atoms with van der Waals surface area (Å²) < 4.78 is 11.2. The van der Waals surface area contributed by atoms with E-state index in [4.69, 9.17) is 14.6 Å². The minimum Gasteiger partial charge on any atom is -0.494 e. The molecule has 0 spiro atoms. The third-order valence-electron chi connectivity index (χ3n) is 4.87. The van der Waals surface area contributed by atoms with Crippen LogP contribution in [0.1, 0.15) is 37.4 Å². The fourth-order valence-corrected chi connectivity index (χ4v) is 3.51. The van der Waals surface area contributed by atoms with Gasteiger partial charge in [0.25, 0.3) is 0 Å². The van der Waals surface area contributed by atoms with E-state index in [1.54, 1.807) is 6.20 Å². The van der Waals surface area contributed by atoms with Crippen LogP contribution >= 0.6 is 0 Å². The number of ether oxygens (including phenoxy) is 2. The van der Waals surface area contributed by atoms with Crippen LogP contribution in [0.4, 0.5) is 5.82 Å². The number of rotatable bonds is 7. The molecule has 1 aliphatic heterocycles. The molecule has 3 aromatic rings. The molecule has 0 radical (unpaired) electrons. The maximum absolute atomic E-state index is 5.59. The summed E-state index contributed by atoms with van der Waals surface area (Å²) in [7, 11) is 0. The highest BCUT2D eigenvalue weighted by Crippen LogP contribution is 2.36. The number of aromatic nitrogens is 1. The molecule has 5 nitrogen and oxygen atoms in total. The Hall–Kier alpha value is -3.34. The molecule has 2 aromatic carbocycles. The molecule has 1 aromatic heterocycles. The van der Waals surface area contributed by atoms with Gasteiger partial charge in [0.2, 0.25) is 0 Å². The number of pyridine rings is 1. The summed E-state index contributed by atoms with van der Waals surface area (Å²) >= 11 is 0. The molecule has 0 fully saturated rings. The Morgan fingerprint density at radius 1 is 0.862 bits per heavy atom. The first-order valence-electron chi connectivity index (χ1n) is 10.0. The number of hydrazone groups is 1. The second-order valence-corrected chi connectivity index (χ2v) is 6.76. The van der Waals surface area contributed by atoms with Crippen LogP contribution in [0.15, 0.2) is 78.0 Å². The van der Waals surface area contributed by atoms with Crippen molar-refractivity contribution < 1.29 is 9.47 Å². The molecule has 0 saturated heterocycles. The maximum Gasteiger partial charge on any atom is 0.149 e. The van der Waals surface area contributed by atoms with E-state index >= 15 is 0 Å². The van der Waals surface area contributed by atoms with Crippen molar-refractivity contribution in [1.82, 2.24) is 4.98 Å². The van der Waals surface area contributed by atoms with Crippen molar-refractivity contribution in [1.29, 1.82) is 0 Å². The molecule has 0 aliphatic carbocycles. The minimum absolute atomic E-state index is 0.0853. The number of benzene rings is 2. The quantitative estimate of drug-likeness (QED) is 0.557. The molecule has 2 heterocycles. The highest BCUT2D eigenvalue weighted by atomic mass is 16.5. The van der Waals surface area contributed by atoms with Crippen LogP contribution in [-0.4, -0.2) is 23.9 Å². The van der Waals surface area contributed by atoms with E-state index in [0.717, 1.165) is 35.0 Å². The van der Waals surface area contributed by atoms with Gasteiger partial charge in [0, 0.05) is 12.6 Å². The van der Waals surface area contributed by atoms with Crippen molar-refractivity contribution in [3.63, 3.8) is 0 Å². The smallest absolute Gasteiger partial charge is 0.149 e. The van der Waals surface area contributed by atoms with Crippen LogP contribution in [0, 0.1) is 0 Å². The molecule has 0 amide bonds. The van der Waals surface area contributed by atoms with Crippen molar-refractivity contribution >= 4 is 11.5 Å². The molecule has 29 heavy (non-hydrogen) atoms. The van der Waals surface area contributed by atoms with Gasteiger partial charge >= 0.3 is 0 Å². The fraction of sp³-hybridized carbons (Fsp3) is 0.250. The molecule has 1 aliphatic rings. The predicted molar refractivity (Wildman–Crippen MR) is 116 cm³/mol. The number of hydrogen-bond acceptors (Lipinski definition) is 5. The topological polar surface area (TPSA) is 47.0 Å². The zero-order chi connectivity index (χ0) is 20.1. The first-order chi connectivity index (χ1) is 14.3. The van der Waals surface area contributed by atoms with Crippen LogP contribution in [0.2, 0.25) is 0 Å². The molecule has 148 valence electrons. The van der Waals surface area contributed by atoms with Crippen molar-refractivity contribution in [3.8, 4) is 11.5 Å². The van der Waals surface area contributed by atoms with E-state index in [2.05, 4.69) is 29.2 Å². The van der Waals surface area contributed by atoms with E-state index in [-0.39, 0.29) is 6.04 Å². The summed E-state index contributed by atoms with van der Waals surface area (Å²) in [6.45, 7) is 5.30. The Kier molecular flexibility index (Phi) is 5.75. The van der Waals surface area contributed by atoms with E-state index in [0.29, 0.717) is 13.2 Å². The normalized spacial score (nSPS) is 15.9. The van der Waals surface area contributed by atoms with Crippen LogP contribution in [0.5, 0.6) is 11.5 Å². The van der Waals surface area contributed by atoms with E-state index in [1.807, 2.05) is 61.3 Å². The van der Waals surface area contributed by atoms with E-state index < -0.39 is 0 Å². The van der Waals surface area contributed by atoms with Gasteiger partial charge in [-0.1, -0.05) is 18.2 Å². The lowest BCUT2D eigenvalue weighted by atomic mass is 9.98. The fourth-order valence-electron chi connectivity index (χ4n) is 3.51. The van der Waals surface area contributed by atoms with E-state index in [1.165, 1.54) is 5.56 Å². The van der Waals surface area contributed by atoms with Crippen molar-refractivity contribution in [2.45, 2.75) is 26.3 Å². The highest BCUT2D eigenvalue weighted by molar-refractivity contribution is 6.03. The van der Waals surface area contributed by atoms with Gasteiger partial charge in [-0.05, 0) is 73.5 Å². The average molecular weight is 387 g/mol. The monoisotopic (exact) mass is 387 g/mol. The van der Waals surface area contributed by atoms with Gasteiger partial charge in [0.15, 0.2) is 0 Å². The molecule has 0 bridgehead atoms. The molecule has 1 atom stereocenters. The van der Waals surface area contributed by atoms with Gasteiger partial charge < -0.3 is 9.47 Å². The molecular formula is C24H25N3O2. The van der Waals surface area contributed by atoms with Crippen molar-refractivity contribution in [3.05, 3.63) is 84.1 Å². The number of nitrogens with zero attached hydrogens (tertiary/aromatic N) is 3. The Labute approximate surface area is 171 Å². The first-order valence-corrected chi connectivity index (χ1v) is 10.0. The molecule has 0 saturated carbocycles. The zero-order valence-corrected chi connectivity index (χ0v) is 16.8. The van der Waals surface area contributed by atoms with E-state index in [9.17, 15) is 0 Å². The van der Waals surface area contributed by atoms with Gasteiger partial charge in [-0.15, -0.1) is 0 Å². The molecule has 0 N–H and O–H groups in total. The Morgan fingerprint density at radius 2 is 1.52 bits per heavy atom. The van der Waals surface area contributed by atoms with Crippen LogP contribution in [0.25, 0.3) is 0 Å². The Bertz CT molecular complexity index is 954. The third-order valence-corrected chi connectivity index (χ3v) is 4.87. The summed E-state index contributed by atoms with van der Waals surface area (Å²) in [6.07, 6.45) is 2.60. The average Bonchev–Trinajstić information content (AvgIpc) is 3.21. The number of hydrogen-bond donors (Lipinski definition) is 0. The third kappa shape index (κ3) is 4.24. The lowest BCUT2D eigenvalue weighted by molar-refractivity contribution is 0.340. The molecule has 4 rings (SSSR count). The second-order valence-electron chi connectivity index (χ2n) is 6.76. The van der Waals surface area contributed by atoms with Gasteiger partial charge in [0.1, 0.15) is 17.3 Å². The van der Waals surface area contributed by atoms with Crippen molar-refractivity contribution in [2.75, 3.05) is 18.2 Å². The summed E-state index contributed by atoms with van der Waals surface area (Å²) in [4.78, 5) is 4.52. The van der Waals surface area contributed by atoms with Crippen LogP contribution in [-0.2, 0) is 0 Å². The molecular weight excluding hydrogens is 362 g/mol. The highest BCUT2D eigenvalue weighted by Gasteiger charge is 2.30. The summed E-state index contributed by atoms with van der Waals surface area (Å²) in [6, 6.07) is 22.4. The number of anilines is 1. The zero-order valence-electron chi connectivity index (χ0n) is 16.8. The molecule has 5 heteroatoms. The largest absolute Gasteiger partial charge is 0.494 e. The predicted octanol–water partition coefficient (Wildman–Crippen LogP) is 5.23. The van der Waals surface area contributed by atoms with Gasteiger partial charge in [0.05, 0.1) is 25.0 Å². The Morgan fingerprint density at radius 3 is 2.10 bits per heavy atom. The van der Waals surface area contributed by atoms with Gasteiger partial charge in [-0.25, -0.2) is 9.99 Å². The molecule has 1 unspecified atom stereocenters. The lowest BCUT2D eigenvalue weighted by Crippen LogP contribution is -2.19. The minimum atomic E-state index is 0.0853. The summed E-state index contributed by atoms with van der Waals surface area (Å²) in [5.74, 6) is 2.60. The van der Waals surface area contributed by atoms with Crippen LogP contribution in [0.3, 0.4) is 0 Å². The van der Waals surface area contributed by atoms with Gasteiger partial charge in [-0.3, -0.25) is 0 Å². The standard InChI is InChI=1S/C24H25N3O2/c1-3-28-20-12-8-18(9-13-20)22-17-23(19-10-14-21(15-11-19)29-4-2)27(26-22)24-7-5-6-16-25-24/h5-16,23H,3-4,17H2,1-2H3. The lowest BCUT2D eigenvalue weighted by Gasteiger charge is -2.23. The Balaban J connectivity index is 1.64. The van der Waals surface area contributed by atoms with Crippen LogP contribution < -0.4 is 14.5 Å².